The molecule has 2 aliphatic rings. The first-order valence-corrected chi connectivity index (χ1v) is 9.35. The number of rotatable bonds is 4. The van der Waals surface area contributed by atoms with Gasteiger partial charge < -0.3 is 15.4 Å². The van der Waals surface area contributed by atoms with Crippen molar-refractivity contribution in [1.29, 1.82) is 0 Å². The van der Waals surface area contributed by atoms with Crippen LogP contribution in [0.4, 0.5) is 5.69 Å². The molecule has 0 bridgehead atoms. The number of hydrogen-bond donors (Lipinski definition) is 2. The summed E-state index contributed by atoms with van der Waals surface area (Å²) in [5.41, 5.74) is 2.18. The predicted molar refractivity (Wildman–Crippen MR) is 97.2 cm³/mol. The molecule has 22 heavy (non-hydrogen) atoms. The van der Waals surface area contributed by atoms with Gasteiger partial charge in [-0.3, -0.25) is 4.79 Å². The number of halogens is 1. The highest BCUT2D eigenvalue weighted by molar-refractivity contribution is 8.19. The van der Waals surface area contributed by atoms with Crippen molar-refractivity contribution in [3.05, 3.63) is 29.8 Å². The van der Waals surface area contributed by atoms with Crippen LogP contribution in [-0.2, 0) is 9.53 Å². The van der Waals surface area contributed by atoms with Gasteiger partial charge in [-0.15, -0.1) is 35.9 Å². The topological polar surface area (TPSA) is 50.4 Å². The molecule has 0 saturated carbocycles. The molecule has 2 fully saturated rings. The molecule has 2 heterocycles. The smallest absolute Gasteiger partial charge is 0.226 e. The largest absolute Gasteiger partial charge is 0.378 e. The van der Waals surface area contributed by atoms with E-state index in [1.165, 1.54) is 17.1 Å². The SMILES string of the molecule is Cl.O=C(CC1COCCN1)Nc1cccc(C2SCCS2)c1. The van der Waals surface area contributed by atoms with E-state index in [0.29, 0.717) is 17.6 Å². The van der Waals surface area contributed by atoms with Crippen molar-refractivity contribution in [3.63, 3.8) is 0 Å². The van der Waals surface area contributed by atoms with Crippen LogP contribution in [-0.4, -0.2) is 43.2 Å². The molecule has 0 spiro atoms. The summed E-state index contributed by atoms with van der Waals surface area (Å²) in [5, 5.41) is 6.30. The lowest BCUT2D eigenvalue weighted by atomic mass is 10.1. The number of amides is 1. The first-order chi connectivity index (χ1) is 10.3. The highest BCUT2D eigenvalue weighted by Crippen LogP contribution is 2.45. The van der Waals surface area contributed by atoms with Crippen molar-refractivity contribution in [1.82, 2.24) is 5.32 Å². The van der Waals surface area contributed by atoms with E-state index in [9.17, 15) is 4.79 Å². The van der Waals surface area contributed by atoms with Crippen molar-refractivity contribution in [3.8, 4) is 0 Å². The fourth-order valence-corrected chi connectivity index (χ4v) is 5.34. The van der Waals surface area contributed by atoms with Crippen LogP contribution in [0.3, 0.4) is 0 Å². The molecule has 2 aliphatic heterocycles. The molecule has 1 aromatic carbocycles. The molecule has 2 saturated heterocycles. The van der Waals surface area contributed by atoms with Gasteiger partial charge in [-0.25, -0.2) is 0 Å². The summed E-state index contributed by atoms with van der Waals surface area (Å²) in [4.78, 5) is 12.1. The minimum atomic E-state index is 0. The summed E-state index contributed by atoms with van der Waals surface area (Å²) in [7, 11) is 0. The highest BCUT2D eigenvalue weighted by Gasteiger charge is 2.19. The Hall–Kier alpha value is -0.400. The van der Waals surface area contributed by atoms with Crippen LogP contribution in [0.5, 0.6) is 0 Å². The molecule has 1 aromatic rings. The molecular weight excluding hydrogens is 340 g/mol. The highest BCUT2D eigenvalue weighted by atomic mass is 35.5. The number of nitrogens with one attached hydrogen (secondary N) is 2. The third kappa shape index (κ3) is 5.06. The van der Waals surface area contributed by atoms with Gasteiger partial charge in [0.05, 0.1) is 17.8 Å². The van der Waals surface area contributed by atoms with Crippen LogP contribution in [0.1, 0.15) is 16.6 Å². The summed E-state index contributed by atoms with van der Waals surface area (Å²) in [6.45, 7) is 2.17. The first-order valence-electron chi connectivity index (χ1n) is 7.25. The average molecular weight is 361 g/mol. The van der Waals surface area contributed by atoms with Gasteiger partial charge in [-0.05, 0) is 17.7 Å². The second kappa shape index (κ2) is 9.03. The zero-order valence-corrected chi connectivity index (χ0v) is 14.7. The van der Waals surface area contributed by atoms with E-state index in [1.54, 1.807) is 0 Å². The standard InChI is InChI=1S/C15H20N2O2S2.ClH/c18-14(9-13-10-19-5-4-16-13)17-12-3-1-2-11(8-12)15-20-6-7-21-15;/h1-3,8,13,15-16H,4-7,9-10H2,(H,17,18);1H. The summed E-state index contributed by atoms with van der Waals surface area (Å²) in [6.07, 6.45) is 0.456. The Morgan fingerprint density at radius 2 is 2.18 bits per heavy atom. The summed E-state index contributed by atoms with van der Waals surface area (Å²) >= 11 is 3.95. The molecule has 1 atom stereocenters. The minimum Gasteiger partial charge on any atom is -0.378 e. The Kier molecular flexibility index (Phi) is 7.37. The second-order valence-corrected chi connectivity index (χ2v) is 7.90. The van der Waals surface area contributed by atoms with Gasteiger partial charge in [0.15, 0.2) is 0 Å². The fraction of sp³-hybridized carbons (Fsp3) is 0.533. The lowest BCUT2D eigenvalue weighted by Gasteiger charge is -2.23. The van der Waals surface area contributed by atoms with Crippen molar-refractivity contribution in [2.24, 2.45) is 0 Å². The van der Waals surface area contributed by atoms with Crippen LogP contribution < -0.4 is 10.6 Å². The Morgan fingerprint density at radius 1 is 1.36 bits per heavy atom. The molecule has 7 heteroatoms. The Balaban J connectivity index is 0.00000176. The molecule has 1 amide bonds. The van der Waals surface area contributed by atoms with E-state index < -0.39 is 0 Å². The molecule has 3 rings (SSSR count). The molecule has 122 valence electrons. The Morgan fingerprint density at radius 3 is 2.91 bits per heavy atom. The maximum Gasteiger partial charge on any atom is 0.226 e. The number of hydrogen-bond acceptors (Lipinski definition) is 5. The van der Waals surface area contributed by atoms with E-state index >= 15 is 0 Å². The Labute approximate surface area is 145 Å². The van der Waals surface area contributed by atoms with Gasteiger partial charge >= 0.3 is 0 Å². The Bertz CT molecular complexity index is 492. The first kappa shape index (κ1) is 17.9. The normalized spacial score (nSPS) is 22.1. The van der Waals surface area contributed by atoms with Crippen molar-refractivity contribution >= 4 is 47.5 Å². The molecule has 0 radical (unpaired) electrons. The van der Waals surface area contributed by atoms with Crippen molar-refractivity contribution in [2.45, 2.75) is 17.0 Å². The van der Waals surface area contributed by atoms with Gasteiger partial charge in [-0.1, -0.05) is 12.1 Å². The average Bonchev–Trinajstić information content (AvgIpc) is 3.02. The predicted octanol–water partition coefficient (Wildman–Crippen LogP) is 2.90. The zero-order valence-electron chi connectivity index (χ0n) is 12.2. The third-order valence-corrected chi connectivity index (χ3v) is 6.60. The van der Waals surface area contributed by atoms with Gasteiger partial charge in [0.25, 0.3) is 0 Å². The lowest BCUT2D eigenvalue weighted by molar-refractivity contribution is -0.117. The summed E-state index contributed by atoms with van der Waals surface area (Å²) in [5.74, 6) is 2.46. The molecule has 1 unspecified atom stereocenters. The maximum absolute atomic E-state index is 12.1. The van der Waals surface area contributed by atoms with Gasteiger partial charge in [0.1, 0.15) is 0 Å². The van der Waals surface area contributed by atoms with Gasteiger partial charge in [0.2, 0.25) is 5.91 Å². The van der Waals surface area contributed by atoms with Crippen molar-refractivity contribution < 1.29 is 9.53 Å². The van der Waals surface area contributed by atoms with Crippen molar-refractivity contribution in [2.75, 3.05) is 36.6 Å². The zero-order chi connectivity index (χ0) is 14.5. The number of anilines is 1. The number of carbonyl (C=O) groups is 1. The van der Waals surface area contributed by atoms with E-state index in [1.807, 2.05) is 35.7 Å². The number of carbonyl (C=O) groups excluding carboxylic acids is 1. The fourth-order valence-electron chi connectivity index (χ4n) is 2.50. The molecule has 4 nitrogen and oxygen atoms in total. The summed E-state index contributed by atoms with van der Waals surface area (Å²) in [6, 6.07) is 8.34. The number of ether oxygens (including phenoxy) is 1. The number of benzene rings is 1. The summed E-state index contributed by atoms with van der Waals surface area (Å²) < 4.78 is 5.88. The lowest BCUT2D eigenvalue weighted by Crippen LogP contribution is -2.43. The van der Waals surface area contributed by atoms with Crippen LogP contribution in [0.15, 0.2) is 24.3 Å². The second-order valence-electron chi connectivity index (χ2n) is 5.18. The van der Waals surface area contributed by atoms with Gasteiger partial charge in [0, 0.05) is 36.2 Å². The van der Waals surface area contributed by atoms with E-state index in [-0.39, 0.29) is 24.4 Å². The van der Waals surface area contributed by atoms with E-state index in [4.69, 9.17) is 4.74 Å². The molecule has 0 aliphatic carbocycles. The molecular formula is C15H21ClN2O2S2. The van der Waals surface area contributed by atoms with Crippen LogP contribution in [0.2, 0.25) is 0 Å². The maximum atomic E-state index is 12.1. The third-order valence-electron chi connectivity index (χ3n) is 3.49. The van der Waals surface area contributed by atoms with E-state index in [0.717, 1.165) is 18.8 Å². The number of morpholine rings is 1. The minimum absolute atomic E-state index is 0. The van der Waals surface area contributed by atoms with E-state index in [2.05, 4.69) is 22.8 Å². The quantitative estimate of drug-likeness (QED) is 0.864. The van der Waals surface area contributed by atoms with Crippen LogP contribution >= 0.6 is 35.9 Å². The van der Waals surface area contributed by atoms with Crippen LogP contribution in [0, 0.1) is 0 Å². The van der Waals surface area contributed by atoms with Gasteiger partial charge in [-0.2, -0.15) is 0 Å². The van der Waals surface area contributed by atoms with Crippen LogP contribution in [0.25, 0.3) is 0 Å². The molecule has 2 N–H and O–H groups in total. The number of thioether (sulfide) groups is 2. The molecule has 0 aromatic heterocycles. The monoisotopic (exact) mass is 360 g/mol.